The van der Waals surface area contributed by atoms with Gasteiger partial charge in [-0.25, -0.2) is 14.8 Å². The molecule has 2 aliphatic rings. The number of aromatic nitrogens is 2. The molecule has 1 N–H and O–H groups in total. The van der Waals surface area contributed by atoms with Gasteiger partial charge in [-0.1, -0.05) is 30.3 Å². The average molecular weight is 457 g/mol. The number of anilines is 1. The maximum atomic E-state index is 11.6. The van der Waals surface area contributed by atoms with E-state index in [1.54, 1.807) is 0 Å². The molecule has 2 aliphatic heterocycles. The van der Waals surface area contributed by atoms with Gasteiger partial charge in [-0.3, -0.25) is 0 Å². The molecule has 1 atom stereocenters. The molecule has 0 bridgehead atoms. The molecule has 0 radical (unpaired) electrons. The van der Waals surface area contributed by atoms with Crippen molar-refractivity contribution in [1.29, 1.82) is 5.26 Å². The normalized spacial score (nSPS) is 17.1. The molecule has 1 amide bonds. The summed E-state index contributed by atoms with van der Waals surface area (Å²) < 4.78 is 12.2. The van der Waals surface area contributed by atoms with Crippen LogP contribution < -0.4 is 14.4 Å². The number of hydrogen-bond donors (Lipinski definition) is 1. The Balaban J connectivity index is 1.53. The molecule has 9 heteroatoms. The Morgan fingerprint density at radius 2 is 2.12 bits per heavy atom. The van der Waals surface area contributed by atoms with Gasteiger partial charge in [0, 0.05) is 25.7 Å². The summed E-state index contributed by atoms with van der Waals surface area (Å²) >= 11 is 0. The van der Waals surface area contributed by atoms with Crippen LogP contribution in [0.3, 0.4) is 0 Å². The third-order valence-electron chi connectivity index (χ3n) is 6.06. The summed E-state index contributed by atoms with van der Waals surface area (Å²) in [5.74, 6) is 1.99. The fourth-order valence-electron chi connectivity index (χ4n) is 4.44. The first kappa shape index (κ1) is 21.5. The Morgan fingerprint density at radius 1 is 1.26 bits per heavy atom. The van der Waals surface area contributed by atoms with Crippen LogP contribution in [0.25, 0.3) is 17.0 Å². The molecule has 5 rings (SSSR count). The number of carboxylic acid groups (broad SMARTS) is 1. The monoisotopic (exact) mass is 457 g/mol. The maximum absolute atomic E-state index is 11.6. The first-order valence-corrected chi connectivity index (χ1v) is 11.0. The van der Waals surface area contributed by atoms with Crippen molar-refractivity contribution < 1.29 is 19.4 Å². The molecular formula is C25H23N5O4. The Labute approximate surface area is 196 Å². The van der Waals surface area contributed by atoms with Crippen LogP contribution in [0.5, 0.6) is 11.5 Å². The van der Waals surface area contributed by atoms with Gasteiger partial charge in [-0.05, 0) is 17.7 Å². The zero-order valence-corrected chi connectivity index (χ0v) is 18.4. The number of rotatable bonds is 5. The number of nitrogens with zero attached hydrogens (tertiary/aromatic N) is 5. The summed E-state index contributed by atoms with van der Waals surface area (Å²) in [5.41, 5.74) is 2.56. The Hall–Kier alpha value is -4.32. The van der Waals surface area contributed by atoms with Crippen molar-refractivity contribution in [2.45, 2.75) is 19.1 Å². The van der Waals surface area contributed by atoms with Crippen LogP contribution in [-0.4, -0.2) is 58.4 Å². The molecule has 1 aromatic heterocycles. The third-order valence-corrected chi connectivity index (χ3v) is 6.06. The van der Waals surface area contributed by atoms with Gasteiger partial charge in [0.1, 0.15) is 36.9 Å². The van der Waals surface area contributed by atoms with E-state index < -0.39 is 12.1 Å². The molecule has 3 heterocycles. The fourth-order valence-corrected chi connectivity index (χ4v) is 4.44. The first-order valence-electron chi connectivity index (χ1n) is 11.0. The number of carbonyl (C=O) groups is 1. The number of benzene rings is 2. The second-order valence-corrected chi connectivity index (χ2v) is 8.13. The second-order valence-electron chi connectivity index (χ2n) is 8.13. The number of nitriles is 1. The zero-order valence-electron chi connectivity index (χ0n) is 18.4. The molecule has 3 aromatic rings. The predicted octanol–water partition coefficient (Wildman–Crippen LogP) is 3.70. The van der Waals surface area contributed by atoms with E-state index in [1.165, 1.54) is 11.2 Å². The maximum Gasteiger partial charge on any atom is 0.407 e. The van der Waals surface area contributed by atoms with E-state index in [2.05, 4.69) is 16.0 Å². The van der Waals surface area contributed by atoms with Crippen molar-refractivity contribution in [1.82, 2.24) is 14.9 Å². The van der Waals surface area contributed by atoms with E-state index in [4.69, 9.17) is 9.47 Å². The van der Waals surface area contributed by atoms with Gasteiger partial charge in [0.05, 0.1) is 35.0 Å². The van der Waals surface area contributed by atoms with Crippen LogP contribution in [-0.2, 0) is 6.61 Å². The predicted molar refractivity (Wildman–Crippen MR) is 126 cm³/mol. The molecular weight excluding hydrogens is 434 g/mol. The second kappa shape index (κ2) is 9.27. The lowest BCUT2D eigenvalue weighted by atomic mass is 10.0. The molecule has 34 heavy (non-hydrogen) atoms. The van der Waals surface area contributed by atoms with E-state index >= 15 is 0 Å². The SMILES string of the molecule is N#CC[C@H]1CN(c2ncnc3cc(OCc4ccccc4)c4c(c23)OCC=C4)CCN1C(=O)O. The van der Waals surface area contributed by atoms with E-state index in [9.17, 15) is 15.2 Å². The van der Waals surface area contributed by atoms with Gasteiger partial charge in [-0.2, -0.15) is 5.26 Å². The highest BCUT2D eigenvalue weighted by atomic mass is 16.5. The van der Waals surface area contributed by atoms with Crippen LogP contribution in [0.15, 0.2) is 48.8 Å². The molecule has 0 saturated carbocycles. The number of piperazine rings is 1. The van der Waals surface area contributed by atoms with Crippen LogP contribution in [0.2, 0.25) is 0 Å². The minimum Gasteiger partial charge on any atom is -0.488 e. The van der Waals surface area contributed by atoms with Crippen molar-refractivity contribution in [3.05, 3.63) is 59.9 Å². The third kappa shape index (κ3) is 4.06. The van der Waals surface area contributed by atoms with Gasteiger partial charge in [0.25, 0.3) is 0 Å². The van der Waals surface area contributed by atoms with E-state index in [0.29, 0.717) is 49.1 Å². The van der Waals surface area contributed by atoms with Crippen LogP contribution in [0, 0.1) is 11.3 Å². The number of ether oxygens (including phenoxy) is 2. The minimum atomic E-state index is -1.02. The Bertz CT molecular complexity index is 1290. The summed E-state index contributed by atoms with van der Waals surface area (Å²) in [6.07, 6.45) is 4.50. The number of amides is 1. The quantitative estimate of drug-likeness (QED) is 0.617. The van der Waals surface area contributed by atoms with Crippen molar-refractivity contribution in [3.8, 4) is 17.6 Å². The minimum absolute atomic E-state index is 0.112. The van der Waals surface area contributed by atoms with E-state index in [-0.39, 0.29) is 13.0 Å². The van der Waals surface area contributed by atoms with Crippen LogP contribution in [0.1, 0.15) is 17.5 Å². The molecule has 0 aliphatic carbocycles. The van der Waals surface area contributed by atoms with Crippen molar-refractivity contribution in [3.63, 3.8) is 0 Å². The lowest BCUT2D eigenvalue weighted by Crippen LogP contribution is -2.55. The molecule has 0 spiro atoms. The van der Waals surface area contributed by atoms with Gasteiger partial charge in [0.15, 0.2) is 0 Å². The summed E-state index contributed by atoms with van der Waals surface area (Å²) in [7, 11) is 0. The molecule has 1 saturated heterocycles. The van der Waals surface area contributed by atoms with Gasteiger partial charge < -0.3 is 24.4 Å². The lowest BCUT2D eigenvalue weighted by Gasteiger charge is -2.40. The smallest absolute Gasteiger partial charge is 0.407 e. The largest absolute Gasteiger partial charge is 0.488 e. The van der Waals surface area contributed by atoms with Crippen LogP contribution >= 0.6 is 0 Å². The lowest BCUT2D eigenvalue weighted by molar-refractivity contribution is 0.119. The Kier molecular flexibility index (Phi) is 5.87. The number of fused-ring (bicyclic) bond motifs is 3. The molecule has 9 nitrogen and oxygen atoms in total. The van der Waals surface area contributed by atoms with Gasteiger partial charge in [-0.15, -0.1) is 0 Å². The Morgan fingerprint density at radius 3 is 2.91 bits per heavy atom. The van der Waals surface area contributed by atoms with E-state index in [0.717, 1.165) is 16.5 Å². The van der Waals surface area contributed by atoms with E-state index in [1.807, 2.05) is 53.5 Å². The standard InChI is InChI=1S/C25H23N5O4/c26-9-8-18-14-29(10-11-30(18)25(31)32)24-22-20(27-16-28-24)13-21(19-7-4-12-33-23(19)22)34-15-17-5-2-1-3-6-17/h1-7,13,16,18H,8,10-12,14-15H2,(H,31,32)/t18-/m0/s1. The topological polar surface area (TPSA) is 112 Å². The van der Waals surface area contributed by atoms with Crippen molar-refractivity contribution in [2.75, 3.05) is 31.1 Å². The van der Waals surface area contributed by atoms with Gasteiger partial charge in [0.2, 0.25) is 0 Å². The van der Waals surface area contributed by atoms with Crippen molar-refractivity contribution >= 4 is 28.9 Å². The molecule has 0 unspecified atom stereocenters. The van der Waals surface area contributed by atoms with Crippen LogP contribution in [0.4, 0.5) is 10.6 Å². The fraction of sp³-hybridized carbons (Fsp3) is 0.280. The first-order chi connectivity index (χ1) is 16.7. The summed E-state index contributed by atoms with van der Waals surface area (Å²) in [5, 5.41) is 19.5. The molecule has 2 aromatic carbocycles. The zero-order chi connectivity index (χ0) is 23.5. The summed E-state index contributed by atoms with van der Waals surface area (Å²) in [6.45, 7) is 1.94. The highest BCUT2D eigenvalue weighted by Gasteiger charge is 2.32. The summed E-state index contributed by atoms with van der Waals surface area (Å²) in [4.78, 5) is 24.0. The molecule has 1 fully saturated rings. The van der Waals surface area contributed by atoms with Crippen molar-refractivity contribution in [2.24, 2.45) is 0 Å². The van der Waals surface area contributed by atoms with Gasteiger partial charge >= 0.3 is 6.09 Å². The molecule has 172 valence electrons. The highest BCUT2D eigenvalue weighted by molar-refractivity contribution is 5.99. The average Bonchev–Trinajstić information content (AvgIpc) is 2.87. The highest BCUT2D eigenvalue weighted by Crippen LogP contribution is 2.43. The summed E-state index contributed by atoms with van der Waals surface area (Å²) in [6, 6.07) is 13.5. The number of hydrogen-bond acceptors (Lipinski definition) is 7.